The molecular formula is C16H18N2O5. The van der Waals surface area contributed by atoms with E-state index in [1.165, 1.54) is 16.7 Å². The highest BCUT2D eigenvalue weighted by Gasteiger charge is 2.12. The summed E-state index contributed by atoms with van der Waals surface area (Å²) in [4.78, 5) is 34.7. The van der Waals surface area contributed by atoms with Crippen molar-refractivity contribution in [3.05, 3.63) is 58.4 Å². The molecule has 0 fully saturated rings. The maximum atomic E-state index is 11.9. The molecule has 0 aromatic carbocycles. The lowest BCUT2D eigenvalue weighted by Crippen LogP contribution is -2.26. The zero-order chi connectivity index (χ0) is 16.7. The van der Waals surface area contributed by atoms with Crippen molar-refractivity contribution in [2.75, 3.05) is 13.2 Å². The third kappa shape index (κ3) is 4.84. The fraction of sp³-hybridized carbons (Fsp3) is 0.312. The van der Waals surface area contributed by atoms with Crippen LogP contribution in [0, 0.1) is 0 Å². The number of ether oxygens (including phenoxy) is 1. The average molecular weight is 318 g/mol. The zero-order valence-electron chi connectivity index (χ0n) is 12.8. The van der Waals surface area contributed by atoms with E-state index in [2.05, 4.69) is 5.32 Å². The van der Waals surface area contributed by atoms with Crippen LogP contribution in [0.15, 0.2) is 45.7 Å². The van der Waals surface area contributed by atoms with Gasteiger partial charge in [0, 0.05) is 18.8 Å². The van der Waals surface area contributed by atoms with E-state index in [9.17, 15) is 14.4 Å². The van der Waals surface area contributed by atoms with Gasteiger partial charge in [-0.15, -0.1) is 0 Å². The van der Waals surface area contributed by atoms with E-state index >= 15 is 0 Å². The number of pyridine rings is 1. The summed E-state index contributed by atoms with van der Waals surface area (Å²) >= 11 is 0. The Labute approximate surface area is 132 Å². The molecule has 0 atom stereocenters. The van der Waals surface area contributed by atoms with E-state index in [-0.39, 0.29) is 36.8 Å². The first-order valence-electron chi connectivity index (χ1n) is 7.28. The molecule has 7 nitrogen and oxygen atoms in total. The highest BCUT2D eigenvalue weighted by Crippen LogP contribution is 2.09. The minimum absolute atomic E-state index is 0.104. The minimum Gasteiger partial charge on any atom is -0.466 e. The summed E-state index contributed by atoms with van der Waals surface area (Å²) in [5.74, 6) is -0.154. The molecule has 0 aliphatic heterocycles. The first-order valence-corrected chi connectivity index (χ1v) is 7.28. The van der Waals surface area contributed by atoms with E-state index in [0.29, 0.717) is 12.4 Å². The van der Waals surface area contributed by atoms with E-state index < -0.39 is 5.91 Å². The van der Waals surface area contributed by atoms with Crippen LogP contribution in [0.25, 0.3) is 0 Å². The molecule has 122 valence electrons. The monoisotopic (exact) mass is 318 g/mol. The van der Waals surface area contributed by atoms with Gasteiger partial charge in [-0.2, -0.15) is 0 Å². The van der Waals surface area contributed by atoms with Gasteiger partial charge in [0.2, 0.25) is 0 Å². The van der Waals surface area contributed by atoms with Crippen molar-refractivity contribution in [1.29, 1.82) is 0 Å². The summed E-state index contributed by atoms with van der Waals surface area (Å²) < 4.78 is 11.7. The quantitative estimate of drug-likeness (QED) is 0.774. The second-order valence-electron chi connectivity index (χ2n) is 4.74. The van der Waals surface area contributed by atoms with E-state index in [1.54, 1.807) is 31.3 Å². The van der Waals surface area contributed by atoms with Crippen molar-refractivity contribution in [1.82, 2.24) is 9.88 Å². The Hall–Kier alpha value is -2.83. The van der Waals surface area contributed by atoms with Crippen LogP contribution in [0.4, 0.5) is 0 Å². The standard InChI is InChI=1S/C16H18N2O5/c1-2-22-15(20)8-9-17-16(21)13-7-6-12(23-13)11-18-10-4-3-5-14(18)19/h3-7,10H,2,8-9,11H2,1H3,(H,17,21). The maximum absolute atomic E-state index is 11.9. The molecule has 0 saturated heterocycles. The van der Waals surface area contributed by atoms with Crippen LogP contribution in [-0.4, -0.2) is 29.6 Å². The zero-order valence-corrected chi connectivity index (χ0v) is 12.8. The molecule has 0 bridgehead atoms. The lowest BCUT2D eigenvalue weighted by Gasteiger charge is -2.04. The average Bonchev–Trinajstić information content (AvgIpc) is 2.98. The van der Waals surface area contributed by atoms with Gasteiger partial charge in [0.05, 0.1) is 19.6 Å². The normalized spacial score (nSPS) is 10.3. The summed E-state index contributed by atoms with van der Waals surface area (Å²) in [5.41, 5.74) is -0.149. The van der Waals surface area contributed by atoms with Crippen molar-refractivity contribution in [2.24, 2.45) is 0 Å². The first kappa shape index (κ1) is 16.5. The van der Waals surface area contributed by atoms with Gasteiger partial charge in [-0.3, -0.25) is 14.4 Å². The largest absolute Gasteiger partial charge is 0.466 e. The lowest BCUT2D eigenvalue weighted by molar-refractivity contribution is -0.142. The summed E-state index contributed by atoms with van der Waals surface area (Å²) in [7, 11) is 0. The van der Waals surface area contributed by atoms with Gasteiger partial charge in [0.15, 0.2) is 5.76 Å². The van der Waals surface area contributed by atoms with E-state index in [1.807, 2.05) is 0 Å². The fourth-order valence-corrected chi connectivity index (χ4v) is 1.94. The summed E-state index contributed by atoms with van der Waals surface area (Å²) in [6, 6.07) is 8.02. The van der Waals surface area contributed by atoms with Gasteiger partial charge >= 0.3 is 5.97 Å². The topological polar surface area (TPSA) is 90.5 Å². The Morgan fingerprint density at radius 2 is 2.09 bits per heavy atom. The Morgan fingerprint density at radius 1 is 1.26 bits per heavy atom. The summed E-state index contributed by atoms with van der Waals surface area (Å²) in [5, 5.41) is 2.57. The number of hydrogen-bond acceptors (Lipinski definition) is 5. The fourth-order valence-electron chi connectivity index (χ4n) is 1.94. The van der Waals surface area contributed by atoms with Crippen molar-refractivity contribution in [2.45, 2.75) is 19.9 Å². The van der Waals surface area contributed by atoms with Gasteiger partial charge in [0.1, 0.15) is 5.76 Å². The third-order valence-corrected chi connectivity index (χ3v) is 3.03. The number of nitrogens with zero attached hydrogens (tertiary/aromatic N) is 1. The van der Waals surface area contributed by atoms with Crippen molar-refractivity contribution >= 4 is 11.9 Å². The molecule has 0 unspecified atom stereocenters. The van der Waals surface area contributed by atoms with Crippen LogP contribution in [0.2, 0.25) is 0 Å². The predicted molar refractivity (Wildman–Crippen MR) is 82.1 cm³/mol. The van der Waals surface area contributed by atoms with Crippen LogP contribution < -0.4 is 10.9 Å². The number of esters is 1. The minimum atomic E-state index is -0.416. The Balaban J connectivity index is 1.89. The van der Waals surface area contributed by atoms with E-state index in [0.717, 1.165) is 0 Å². The Bertz CT molecular complexity index is 732. The molecule has 0 saturated carbocycles. The first-order chi connectivity index (χ1) is 11.1. The number of rotatable bonds is 7. The molecule has 2 rings (SSSR count). The molecule has 2 aromatic rings. The number of carbonyl (C=O) groups excluding carboxylic acids is 2. The van der Waals surface area contributed by atoms with Gasteiger partial charge in [-0.25, -0.2) is 0 Å². The van der Waals surface area contributed by atoms with Crippen LogP contribution in [0.1, 0.15) is 29.7 Å². The van der Waals surface area contributed by atoms with E-state index in [4.69, 9.17) is 9.15 Å². The van der Waals surface area contributed by atoms with Crippen molar-refractivity contribution < 1.29 is 18.7 Å². The Morgan fingerprint density at radius 3 is 2.83 bits per heavy atom. The molecule has 2 aromatic heterocycles. The maximum Gasteiger partial charge on any atom is 0.307 e. The summed E-state index contributed by atoms with van der Waals surface area (Å²) in [6.07, 6.45) is 1.75. The molecule has 23 heavy (non-hydrogen) atoms. The molecule has 1 N–H and O–H groups in total. The molecule has 0 aliphatic carbocycles. The molecule has 0 aliphatic rings. The van der Waals surface area contributed by atoms with Gasteiger partial charge in [0.25, 0.3) is 11.5 Å². The van der Waals surface area contributed by atoms with Crippen LogP contribution in [-0.2, 0) is 16.1 Å². The second kappa shape index (κ2) is 7.98. The lowest BCUT2D eigenvalue weighted by atomic mass is 10.3. The molecule has 0 spiro atoms. The van der Waals surface area contributed by atoms with Crippen LogP contribution in [0.3, 0.4) is 0 Å². The highest BCUT2D eigenvalue weighted by molar-refractivity contribution is 5.91. The van der Waals surface area contributed by atoms with Crippen molar-refractivity contribution in [3.8, 4) is 0 Å². The van der Waals surface area contributed by atoms with Crippen LogP contribution in [0.5, 0.6) is 0 Å². The Kier molecular flexibility index (Phi) is 5.74. The number of furan rings is 1. The number of aromatic nitrogens is 1. The second-order valence-corrected chi connectivity index (χ2v) is 4.74. The van der Waals surface area contributed by atoms with Crippen molar-refractivity contribution in [3.63, 3.8) is 0 Å². The predicted octanol–water partition coefficient (Wildman–Crippen LogP) is 1.17. The highest BCUT2D eigenvalue weighted by atomic mass is 16.5. The molecule has 7 heteroatoms. The number of carbonyl (C=O) groups is 2. The number of hydrogen-bond donors (Lipinski definition) is 1. The third-order valence-electron chi connectivity index (χ3n) is 3.03. The summed E-state index contributed by atoms with van der Waals surface area (Å²) in [6.45, 7) is 2.45. The molecule has 1 amide bonds. The van der Waals surface area contributed by atoms with Gasteiger partial charge in [-0.05, 0) is 25.1 Å². The number of amides is 1. The smallest absolute Gasteiger partial charge is 0.307 e. The van der Waals surface area contributed by atoms with Gasteiger partial charge in [-0.1, -0.05) is 6.07 Å². The molecular weight excluding hydrogens is 300 g/mol. The molecule has 0 radical (unpaired) electrons. The number of nitrogens with one attached hydrogen (secondary N) is 1. The van der Waals surface area contributed by atoms with Crippen LogP contribution >= 0.6 is 0 Å². The SMILES string of the molecule is CCOC(=O)CCNC(=O)c1ccc(Cn2ccccc2=O)o1. The van der Waals surface area contributed by atoms with Gasteiger partial charge < -0.3 is 19.0 Å². The molecule has 2 heterocycles.